The Hall–Kier alpha value is -4.90. The first-order valence-corrected chi connectivity index (χ1v) is 16.7. The third-order valence-corrected chi connectivity index (χ3v) is 9.82. The van der Waals surface area contributed by atoms with E-state index in [1.165, 1.54) is 12.4 Å². The molecular formula is C36H40FN9O3. The maximum atomic E-state index is 15.7. The SMILES string of the molecule is [C-]#[N+]/C(=C\C(C)(C)N1CCN(C2COC2)CC1)C(=O)N1CCC[C@@H](n2nc(-c3ccc(Oc4ccccc4)cc3F)c3c(N)ncnc32)C1. The van der Waals surface area contributed by atoms with Crippen LogP contribution in [0.2, 0.25) is 0 Å². The van der Waals surface area contributed by atoms with Crippen LogP contribution >= 0.6 is 0 Å². The molecule has 0 saturated carbocycles. The molecule has 2 aromatic carbocycles. The van der Waals surface area contributed by atoms with Gasteiger partial charge in [-0.1, -0.05) is 24.3 Å². The van der Waals surface area contributed by atoms with Gasteiger partial charge in [0.05, 0.1) is 37.3 Å². The van der Waals surface area contributed by atoms with Crippen LogP contribution < -0.4 is 10.5 Å². The van der Waals surface area contributed by atoms with Crippen LogP contribution in [0.25, 0.3) is 27.1 Å². The van der Waals surface area contributed by atoms with Gasteiger partial charge in [0.2, 0.25) is 5.70 Å². The third kappa shape index (κ3) is 6.59. The van der Waals surface area contributed by atoms with Crippen molar-refractivity contribution in [1.82, 2.24) is 34.4 Å². The molecule has 3 saturated heterocycles. The lowest BCUT2D eigenvalue weighted by atomic mass is 9.98. The second kappa shape index (κ2) is 13.5. The first-order valence-electron chi connectivity index (χ1n) is 16.7. The lowest BCUT2D eigenvalue weighted by Gasteiger charge is -2.47. The van der Waals surface area contributed by atoms with E-state index >= 15 is 4.39 Å². The van der Waals surface area contributed by atoms with Crippen LogP contribution in [0.1, 0.15) is 32.7 Å². The fraction of sp³-hybridized carbons (Fsp3) is 0.417. The molecule has 7 rings (SSSR count). The Bertz CT molecular complexity index is 1910. The van der Waals surface area contributed by atoms with Crippen LogP contribution in [-0.4, -0.2) is 104 Å². The Kier molecular flexibility index (Phi) is 9.02. The molecule has 13 heteroatoms. The molecule has 254 valence electrons. The standard InChI is InChI=1S/C36H40FN9O3/c1-36(2,45-16-14-43(15-17-45)25-21-48-22-25)19-30(39-3)35(47)44-13-7-8-24(20-44)46-34-31(33(38)40-23-41-34)32(42-46)28-12-11-27(18-29(28)37)49-26-9-5-4-6-10-26/h4-6,9-12,18-19,23-25H,7-8,13-17,20-22H2,1-2H3,(H2,38,40,41)/b30-19-/t24-/m1/s1. The van der Waals surface area contributed by atoms with E-state index in [0.717, 1.165) is 45.8 Å². The Balaban J connectivity index is 1.11. The minimum Gasteiger partial charge on any atom is -0.457 e. The number of ether oxygens (including phenoxy) is 2. The number of carbonyl (C=O) groups excluding carboxylic acids is 1. The maximum absolute atomic E-state index is 15.7. The number of rotatable bonds is 8. The van der Waals surface area contributed by atoms with Crippen molar-refractivity contribution < 1.29 is 18.7 Å². The molecule has 0 radical (unpaired) electrons. The number of piperidine rings is 1. The van der Waals surface area contributed by atoms with E-state index in [4.69, 9.17) is 26.9 Å². The van der Waals surface area contributed by atoms with Crippen molar-refractivity contribution in [1.29, 1.82) is 0 Å². The van der Waals surface area contributed by atoms with Crippen LogP contribution in [0.15, 0.2) is 66.6 Å². The van der Waals surface area contributed by atoms with Crippen LogP contribution in [0.3, 0.4) is 0 Å². The normalized spacial score (nSPS) is 19.8. The Morgan fingerprint density at radius 3 is 2.53 bits per heavy atom. The highest BCUT2D eigenvalue weighted by Gasteiger charge is 2.35. The summed E-state index contributed by atoms with van der Waals surface area (Å²) >= 11 is 0. The van der Waals surface area contributed by atoms with Crippen molar-refractivity contribution in [3.05, 3.63) is 83.9 Å². The van der Waals surface area contributed by atoms with Gasteiger partial charge in [-0.15, -0.1) is 0 Å². The molecule has 3 aliphatic rings. The quantitative estimate of drug-likeness (QED) is 0.210. The molecule has 3 aliphatic heterocycles. The summed E-state index contributed by atoms with van der Waals surface area (Å²) in [5.74, 6) is 0.290. The van der Waals surface area contributed by atoms with Crippen molar-refractivity contribution in [3.63, 3.8) is 0 Å². The van der Waals surface area contributed by atoms with Gasteiger partial charge < -0.3 is 20.1 Å². The number of hydrogen-bond acceptors (Lipinski definition) is 9. The number of benzene rings is 2. The largest absolute Gasteiger partial charge is 0.457 e. The molecule has 12 nitrogen and oxygen atoms in total. The second-order valence-electron chi connectivity index (χ2n) is 13.4. The van der Waals surface area contributed by atoms with Crippen molar-refractivity contribution in [2.45, 2.75) is 44.3 Å². The maximum Gasteiger partial charge on any atom is 0.252 e. The molecule has 4 aromatic rings. The number of anilines is 1. The van der Waals surface area contributed by atoms with Gasteiger partial charge in [0, 0.05) is 56.4 Å². The zero-order valence-electron chi connectivity index (χ0n) is 27.8. The summed E-state index contributed by atoms with van der Waals surface area (Å²) in [5, 5.41) is 5.29. The highest BCUT2D eigenvalue weighted by molar-refractivity contribution is 5.98. The molecule has 0 bridgehead atoms. The molecule has 0 spiro atoms. The lowest BCUT2D eigenvalue weighted by molar-refractivity contribution is -0.128. The van der Waals surface area contributed by atoms with Crippen molar-refractivity contribution in [2.24, 2.45) is 0 Å². The van der Waals surface area contributed by atoms with Gasteiger partial charge in [-0.05, 0) is 51.0 Å². The van der Waals surface area contributed by atoms with E-state index in [0.29, 0.717) is 53.8 Å². The van der Waals surface area contributed by atoms with E-state index in [2.05, 4.69) is 38.5 Å². The van der Waals surface area contributed by atoms with Crippen molar-refractivity contribution >= 4 is 22.8 Å². The number of piperazine rings is 1. The summed E-state index contributed by atoms with van der Waals surface area (Å²) in [6.45, 7) is 18.1. The van der Waals surface area contributed by atoms with Crippen LogP contribution in [0.4, 0.5) is 10.2 Å². The Morgan fingerprint density at radius 2 is 1.84 bits per heavy atom. The van der Waals surface area contributed by atoms with E-state index in [1.807, 2.05) is 24.3 Å². The fourth-order valence-electron chi connectivity index (χ4n) is 6.98. The topological polar surface area (TPSA) is 119 Å². The van der Waals surface area contributed by atoms with Crippen molar-refractivity contribution in [3.8, 4) is 22.8 Å². The number of hydrogen-bond donors (Lipinski definition) is 1. The molecule has 3 fully saturated rings. The summed E-state index contributed by atoms with van der Waals surface area (Å²) < 4.78 is 28.6. The van der Waals surface area contributed by atoms with Gasteiger partial charge in [-0.2, -0.15) is 5.10 Å². The predicted molar refractivity (Wildman–Crippen MR) is 183 cm³/mol. The highest BCUT2D eigenvalue weighted by atomic mass is 19.1. The molecule has 2 N–H and O–H groups in total. The molecule has 0 unspecified atom stereocenters. The molecule has 49 heavy (non-hydrogen) atoms. The van der Waals surface area contributed by atoms with Gasteiger partial charge in [-0.25, -0.2) is 23.9 Å². The number of likely N-dealkylation sites (tertiary alicyclic amines) is 1. The molecular weight excluding hydrogens is 625 g/mol. The number of aromatic nitrogens is 4. The monoisotopic (exact) mass is 665 g/mol. The van der Waals surface area contributed by atoms with E-state index < -0.39 is 11.4 Å². The number of fused-ring (bicyclic) bond motifs is 1. The molecule has 0 aliphatic carbocycles. The van der Waals surface area contributed by atoms with Gasteiger partial charge in [0.1, 0.15) is 35.2 Å². The van der Waals surface area contributed by atoms with E-state index in [9.17, 15) is 4.79 Å². The van der Waals surface area contributed by atoms with Crippen LogP contribution in [0.5, 0.6) is 11.5 Å². The smallest absolute Gasteiger partial charge is 0.252 e. The molecule has 5 heterocycles. The van der Waals surface area contributed by atoms with Gasteiger partial charge in [0.25, 0.3) is 5.91 Å². The summed E-state index contributed by atoms with van der Waals surface area (Å²) in [5.41, 5.74) is 6.98. The fourth-order valence-corrected chi connectivity index (χ4v) is 6.98. The zero-order chi connectivity index (χ0) is 34.1. The van der Waals surface area contributed by atoms with E-state index in [-0.39, 0.29) is 29.0 Å². The summed E-state index contributed by atoms with van der Waals surface area (Å²) in [4.78, 5) is 32.8. The summed E-state index contributed by atoms with van der Waals surface area (Å²) in [6.07, 6.45) is 4.60. The summed E-state index contributed by atoms with van der Waals surface area (Å²) in [6, 6.07) is 14.0. The minimum absolute atomic E-state index is 0.109. The third-order valence-electron chi connectivity index (χ3n) is 9.82. The number of nitrogens with two attached hydrogens (primary N) is 1. The average Bonchev–Trinajstić information content (AvgIpc) is 3.48. The number of nitrogen functional groups attached to an aromatic ring is 1. The predicted octanol–water partition coefficient (Wildman–Crippen LogP) is 4.77. The lowest BCUT2D eigenvalue weighted by Crippen LogP contribution is -2.59. The number of amides is 1. The summed E-state index contributed by atoms with van der Waals surface area (Å²) in [7, 11) is 0. The molecule has 1 atom stereocenters. The number of para-hydroxylation sites is 1. The van der Waals surface area contributed by atoms with Gasteiger partial charge in [-0.3, -0.25) is 14.6 Å². The Morgan fingerprint density at radius 1 is 1.06 bits per heavy atom. The average molecular weight is 666 g/mol. The highest BCUT2D eigenvalue weighted by Crippen LogP contribution is 2.37. The second-order valence-corrected chi connectivity index (χ2v) is 13.4. The van der Waals surface area contributed by atoms with Crippen LogP contribution in [-0.2, 0) is 9.53 Å². The first-order chi connectivity index (χ1) is 23.7. The van der Waals surface area contributed by atoms with Crippen LogP contribution in [0, 0.1) is 12.4 Å². The minimum atomic E-state index is -0.531. The Labute approximate surface area is 284 Å². The van der Waals surface area contributed by atoms with Gasteiger partial charge in [0.15, 0.2) is 5.65 Å². The number of halogens is 1. The molecule has 2 aromatic heterocycles. The number of carbonyl (C=O) groups is 1. The van der Waals surface area contributed by atoms with Crippen molar-refractivity contribution in [2.75, 3.05) is 58.2 Å². The van der Waals surface area contributed by atoms with E-state index in [1.54, 1.807) is 33.8 Å². The first kappa shape index (κ1) is 32.6. The molecule has 1 amide bonds. The number of nitrogens with zero attached hydrogens (tertiary/aromatic N) is 8. The zero-order valence-corrected chi connectivity index (χ0v) is 27.8. The van der Waals surface area contributed by atoms with Gasteiger partial charge >= 0.3 is 0 Å².